The van der Waals surface area contributed by atoms with E-state index >= 15 is 0 Å². The minimum atomic E-state index is -4.92. The van der Waals surface area contributed by atoms with Gasteiger partial charge in [0.2, 0.25) is 29.5 Å². The third-order valence-electron chi connectivity index (χ3n) is 11.7. The normalized spacial score (nSPS) is 15.7. The number of hydrogen-bond acceptors (Lipinski definition) is 10. The summed E-state index contributed by atoms with van der Waals surface area (Å²) in [6.45, 7) is 28.5. The molecule has 3 heterocycles. The van der Waals surface area contributed by atoms with E-state index in [0.29, 0.717) is 18.2 Å². The lowest BCUT2D eigenvalue weighted by Gasteiger charge is -2.25. The van der Waals surface area contributed by atoms with E-state index in [-0.39, 0.29) is 99.6 Å². The summed E-state index contributed by atoms with van der Waals surface area (Å²) in [5, 5.41) is 36.7. The molecule has 0 radical (unpaired) electrons. The molecule has 0 saturated heterocycles. The highest BCUT2D eigenvalue weighted by Crippen LogP contribution is 2.49. The predicted octanol–water partition coefficient (Wildman–Crippen LogP) is 12.6. The van der Waals surface area contributed by atoms with Crippen LogP contribution in [0.1, 0.15) is 55.6 Å². The van der Waals surface area contributed by atoms with E-state index in [1.54, 1.807) is 12.1 Å². The second-order valence-electron chi connectivity index (χ2n) is 16.1. The van der Waals surface area contributed by atoms with Gasteiger partial charge in [-0.25, -0.2) is 60.4 Å². The zero-order chi connectivity index (χ0) is 58.4. The summed E-state index contributed by atoms with van der Waals surface area (Å²) < 4.78 is 195. The molecule has 0 spiro atoms. The minimum absolute atomic E-state index is 0.0200. The quantitative estimate of drug-likeness (QED) is 0.0795. The fourth-order valence-electron chi connectivity index (χ4n) is 8.29. The first-order chi connectivity index (χ1) is 37.0. The van der Waals surface area contributed by atoms with Crippen LogP contribution in [-0.2, 0) is 48.0 Å². The molecule has 0 N–H and O–H groups in total. The standard InChI is InChI=1S/C18H6F6N2O2S.C18H6N4O2S.C17H7F3N2O2S/c1-26-13(8-25)16-11-4-2-9(17(19,20)21)6-14(11)29(27,28)15-7-10(18(22,23)24)3-5-12(15)16;1-21-12-4-6-14-17(8-12)25(23,24)16-7-11(9-19)3-5-13(16)18(14)15(10-20)22-2;1-22-13(9-21)16-11-4-2-3-5-14(11)25(23,24)15-8-10(17(18,19)20)6-7-12(15)16/h2-7H;3-8H;2-8H/b;18-15-;16-13+. The lowest BCUT2D eigenvalue weighted by molar-refractivity contribution is -0.138. The van der Waals surface area contributed by atoms with Crippen LogP contribution in [0.4, 0.5) is 45.2 Å². The Morgan fingerprint density at radius 3 is 1.03 bits per heavy atom. The van der Waals surface area contributed by atoms with Crippen LogP contribution in [0.3, 0.4) is 0 Å². The molecule has 26 heteroatoms. The topological polar surface area (TPSA) is 215 Å². The van der Waals surface area contributed by atoms with Gasteiger partial charge in [-0.3, -0.25) is 0 Å². The van der Waals surface area contributed by atoms with Crippen LogP contribution in [-0.4, -0.2) is 25.3 Å². The van der Waals surface area contributed by atoms with E-state index in [0.717, 1.165) is 24.3 Å². The highest BCUT2D eigenvalue weighted by Gasteiger charge is 2.42. The van der Waals surface area contributed by atoms with Crippen molar-refractivity contribution >= 4 is 51.9 Å². The van der Waals surface area contributed by atoms with Gasteiger partial charge >= 0.3 is 18.5 Å². The Morgan fingerprint density at radius 2 is 0.696 bits per heavy atom. The molecular formula is C53H19F9N8O6S3. The lowest BCUT2D eigenvalue weighted by atomic mass is 9.93. The van der Waals surface area contributed by atoms with Crippen molar-refractivity contribution in [3.05, 3.63) is 234 Å². The zero-order valence-electron chi connectivity index (χ0n) is 38.6. The van der Waals surface area contributed by atoms with Crippen molar-refractivity contribution < 1.29 is 64.8 Å². The highest BCUT2D eigenvalue weighted by molar-refractivity contribution is 7.92. The SMILES string of the molecule is [C-]#[N+]/C(C#N)=C1/c2ccc(C#N)cc2S(=O)(=O)c2cc([N+]#[C-])ccc21.[C-]#[N+]/C(C#N)=C1\c2ccccc2S(=O)(=O)c2cc(C(F)(F)F)ccc21.[C-]#[N+]C(C#N)=C1c2ccc(C(F)(F)F)cc2S(=O)(=O)c2cc(C(F)(F)F)ccc21. The van der Waals surface area contributed by atoms with Gasteiger partial charge in [-0.2, -0.15) is 44.8 Å². The van der Waals surface area contributed by atoms with E-state index in [1.165, 1.54) is 66.7 Å². The maximum atomic E-state index is 13.1. The van der Waals surface area contributed by atoms with Crippen LogP contribution in [0, 0.1) is 71.6 Å². The van der Waals surface area contributed by atoms with Gasteiger partial charge in [0.25, 0.3) is 17.1 Å². The zero-order valence-corrected chi connectivity index (χ0v) is 41.1. The number of nitrogens with zero attached hydrogens (tertiary/aromatic N) is 8. The number of allylic oxidation sites excluding steroid dienone is 3. The molecule has 0 aromatic heterocycles. The van der Waals surface area contributed by atoms with E-state index in [2.05, 4.69) is 19.4 Å². The van der Waals surface area contributed by atoms with Gasteiger partial charge < -0.3 is 0 Å². The van der Waals surface area contributed by atoms with E-state index in [4.69, 9.17) is 31.6 Å². The van der Waals surface area contributed by atoms with E-state index in [1.807, 2.05) is 6.07 Å². The van der Waals surface area contributed by atoms with Crippen molar-refractivity contribution in [1.29, 1.82) is 21.0 Å². The molecule has 0 amide bonds. The molecule has 6 aromatic rings. The summed E-state index contributed by atoms with van der Waals surface area (Å²) in [7, 11) is -13.0. The molecule has 0 bridgehead atoms. The lowest BCUT2D eigenvalue weighted by Crippen LogP contribution is -2.18. The predicted molar refractivity (Wildman–Crippen MR) is 256 cm³/mol. The van der Waals surface area contributed by atoms with Crippen LogP contribution in [0.5, 0.6) is 0 Å². The molecule has 3 aliphatic rings. The fraction of sp³-hybridized carbons (Fsp3) is 0.0566. The average molecular weight is 1130 g/mol. The number of nitriles is 4. The molecule has 0 saturated carbocycles. The maximum Gasteiger partial charge on any atom is 0.416 e. The molecular weight excluding hydrogens is 1110 g/mol. The van der Waals surface area contributed by atoms with Crippen LogP contribution in [0.15, 0.2) is 162 Å². The maximum absolute atomic E-state index is 13.1. The Morgan fingerprint density at radius 1 is 0.392 bits per heavy atom. The number of alkyl halides is 9. The van der Waals surface area contributed by atoms with Gasteiger partial charge in [0, 0.05) is 16.7 Å². The van der Waals surface area contributed by atoms with E-state index in [9.17, 15) is 80.6 Å². The first kappa shape index (κ1) is 56.4. The first-order valence-electron chi connectivity index (χ1n) is 21.1. The molecule has 14 nitrogen and oxygen atoms in total. The van der Waals surface area contributed by atoms with Gasteiger partial charge in [0.05, 0.1) is 102 Å². The second kappa shape index (κ2) is 20.3. The summed E-state index contributed by atoms with van der Waals surface area (Å²) in [6.07, 6.45) is -14.6. The molecule has 0 atom stereocenters. The van der Waals surface area contributed by atoms with Crippen LogP contribution in [0.25, 0.3) is 36.1 Å². The largest absolute Gasteiger partial charge is 0.416 e. The molecule has 79 heavy (non-hydrogen) atoms. The highest BCUT2D eigenvalue weighted by atomic mass is 32.2. The molecule has 9 rings (SSSR count). The van der Waals surface area contributed by atoms with Crippen molar-refractivity contribution in [3.8, 4) is 24.3 Å². The van der Waals surface area contributed by atoms with Crippen molar-refractivity contribution in [2.45, 2.75) is 47.9 Å². The third kappa shape index (κ3) is 9.91. The number of sulfone groups is 3. The smallest absolute Gasteiger partial charge is 0.238 e. The van der Waals surface area contributed by atoms with Crippen LogP contribution in [0.2, 0.25) is 0 Å². The fourth-order valence-corrected chi connectivity index (χ4v) is 13.4. The van der Waals surface area contributed by atoms with Crippen LogP contribution < -0.4 is 0 Å². The molecule has 0 unspecified atom stereocenters. The van der Waals surface area contributed by atoms with Crippen molar-refractivity contribution in [3.63, 3.8) is 0 Å². The van der Waals surface area contributed by atoms with Crippen molar-refractivity contribution in [2.24, 2.45) is 0 Å². The molecule has 3 aliphatic heterocycles. The number of hydrogen-bond donors (Lipinski definition) is 0. The summed E-state index contributed by atoms with van der Waals surface area (Å²) in [6, 6.07) is 26.2. The van der Waals surface area contributed by atoms with Gasteiger partial charge in [-0.15, -0.1) is 0 Å². The summed E-state index contributed by atoms with van der Waals surface area (Å²) in [5.41, 5.74) is -5.22. The van der Waals surface area contributed by atoms with Crippen molar-refractivity contribution in [2.75, 3.05) is 0 Å². The summed E-state index contributed by atoms with van der Waals surface area (Å²) >= 11 is 0. The summed E-state index contributed by atoms with van der Waals surface area (Å²) in [4.78, 5) is 9.56. The van der Waals surface area contributed by atoms with Gasteiger partial charge in [-0.05, 0) is 94.0 Å². The summed E-state index contributed by atoms with van der Waals surface area (Å²) in [5.74, 6) is 0. The third-order valence-corrected chi connectivity index (χ3v) is 17.3. The monoisotopic (exact) mass is 1130 g/mol. The number of benzene rings is 6. The van der Waals surface area contributed by atoms with Gasteiger partial charge in [-0.1, -0.05) is 54.6 Å². The Labute approximate surface area is 441 Å². The second-order valence-corrected chi connectivity index (χ2v) is 21.7. The number of halogens is 9. The Bertz CT molecular complexity index is 4350. The van der Waals surface area contributed by atoms with E-state index < -0.39 is 85.1 Å². The number of rotatable bonds is 0. The molecule has 388 valence electrons. The van der Waals surface area contributed by atoms with Gasteiger partial charge in [0.1, 0.15) is 0 Å². The Hall–Kier alpha value is -10.3. The molecule has 0 fully saturated rings. The minimum Gasteiger partial charge on any atom is -0.238 e. The molecule has 0 aliphatic carbocycles. The Kier molecular flexibility index (Phi) is 14.5. The average Bonchev–Trinajstić information content (AvgIpc) is 3.59. The molecule has 6 aromatic carbocycles. The van der Waals surface area contributed by atoms with Crippen molar-refractivity contribution in [1.82, 2.24) is 0 Å². The van der Waals surface area contributed by atoms with Crippen LogP contribution >= 0.6 is 0 Å². The van der Waals surface area contributed by atoms with Gasteiger partial charge in [0.15, 0.2) is 5.69 Å². The number of fused-ring (bicyclic) bond motifs is 6. The Balaban J connectivity index is 0.000000172. The first-order valence-corrected chi connectivity index (χ1v) is 25.6.